The summed E-state index contributed by atoms with van der Waals surface area (Å²) in [6.07, 6.45) is 0. The zero-order valence-electron chi connectivity index (χ0n) is 11.3. The number of anilines is 1. The number of carbonyl (C=O) groups excluding carboxylic acids is 1. The summed E-state index contributed by atoms with van der Waals surface area (Å²) in [5, 5.41) is 5.10. The summed E-state index contributed by atoms with van der Waals surface area (Å²) in [6.45, 7) is 2.46. The number of urea groups is 1. The van der Waals surface area contributed by atoms with E-state index in [0.29, 0.717) is 18.8 Å². The Morgan fingerprint density at radius 1 is 1.35 bits per heavy atom. The van der Waals surface area contributed by atoms with E-state index in [9.17, 15) is 13.2 Å². The molecule has 0 fully saturated rings. The van der Waals surface area contributed by atoms with Gasteiger partial charge >= 0.3 is 6.03 Å². The molecule has 0 aliphatic heterocycles. The summed E-state index contributed by atoms with van der Waals surface area (Å²) in [6, 6.07) is 6.67. The quantitative estimate of drug-likeness (QED) is 0.576. The predicted molar refractivity (Wildman–Crippen MR) is 78.8 cm³/mol. The highest BCUT2D eigenvalue weighted by Gasteiger charge is 2.09. The molecule has 5 N–H and O–H groups in total. The molecule has 0 aliphatic rings. The number of sulfonamides is 1. The second kappa shape index (κ2) is 7.83. The van der Waals surface area contributed by atoms with E-state index in [-0.39, 0.29) is 12.3 Å². The molecule has 7 nitrogen and oxygen atoms in total. The summed E-state index contributed by atoms with van der Waals surface area (Å²) in [5.74, 6) is -0.156. The van der Waals surface area contributed by atoms with Crippen LogP contribution in [0, 0.1) is 0 Å². The number of hydrogen-bond acceptors (Lipinski definition) is 4. The van der Waals surface area contributed by atoms with Gasteiger partial charge in [0.15, 0.2) is 0 Å². The summed E-state index contributed by atoms with van der Waals surface area (Å²) >= 11 is 0. The van der Waals surface area contributed by atoms with Crippen molar-refractivity contribution in [3.63, 3.8) is 0 Å². The van der Waals surface area contributed by atoms with Crippen molar-refractivity contribution < 1.29 is 13.2 Å². The number of nitrogens with two attached hydrogens (primary N) is 1. The van der Waals surface area contributed by atoms with E-state index in [1.807, 2.05) is 6.07 Å². The van der Waals surface area contributed by atoms with Crippen molar-refractivity contribution in [1.82, 2.24) is 10.0 Å². The molecule has 0 saturated heterocycles. The van der Waals surface area contributed by atoms with E-state index in [1.165, 1.54) is 0 Å². The molecule has 0 saturated carbocycles. The Bertz CT molecular complexity index is 545. The fraction of sp³-hybridized carbons (Fsp3) is 0.417. The molecule has 20 heavy (non-hydrogen) atoms. The first-order chi connectivity index (χ1) is 9.46. The minimum absolute atomic E-state index is 0.0394. The number of nitrogens with one attached hydrogen (secondary N) is 3. The van der Waals surface area contributed by atoms with Crippen molar-refractivity contribution in [1.29, 1.82) is 0 Å². The number of benzene rings is 1. The van der Waals surface area contributed by atoms with E-state index in [2.05, 4.69) is 15.4 Å². The Kier molecular flexibility index (Phi) is 6.43. The third kappa shape index (κ3) is 6.00. The van der Waals surface area contributed by atoms with Crippen LogP contribution in [0.5, 0.6) is 0 Å². The molecule has 1 aromatic rings. The third-order valence-electron chi connectivity index (χ3n) is 2.44. The lowest BCUT2D eigenvalue weighted by Crippen LogP contribution is -2.36. The lowest BCUT2D eigenvalue weighted by atomic mass is 10.2. The van der Waals surface area contributed by atoms with Gasteiger partial charge in [-0.15, -0.1) is 0 Å². The number of rotatable bonds is 7. The van der Waals surface area contributed by atoms with Crippen LogP contribution in [-0.2, 0) is 16.6 Å². The second-order valence-electron chi connectivity index (χ2n) is 4.10. The molecule has 0 atom stereocenters. The van der Waals surface area contributed by atoms with Crippen LogP contribution in [0.4, 0.5) is 10.5 Å². The van der Waals surface area contributed by atoms with Crippen molar-refractivity contribution in [3.8, 4) is 0 Å². The fourth-order valence-electron chi connectivity index (χ4n) is 1.54. The lowest BCUT2D eigenvalue weighted by Gasteiger charge is -2.09. The Labute approximate surface area is 119 Å². The van der Waals surface area contributed by atoms with Crippen LogP contribution in [-0.4, -0.2) is 33.3 Å². The molecule has 0 bridgehead atoms. The first kappa shape index (κ1) is 16.4. The van der Waals surface area contributed by atoms with E-state index < -0.39 is 16.1 Å². The maximum absolute atomic E-state index is 11.6. The highest BCUT2D eigenvalue weighted by molar-refractivity contribution is 7.89. The van der Waals surface area contributed by atoms with Crippen LogP contribution in [0.1, 0.15) is 12.5 Å². The summed E-state index contributed by atoms with van der Waals surface area (Å²) < 4.78 is 25.1. The van der Waals surface area contributed by atoms with Gasteiger partial charge in [0.2, 0.25) is 10.0 Å². The summed E-state index contributed by atoms with van der Waals surface area (Å²) in [4.78, 5) is 11.6. The average Bonchev–Trinajstić information content (AvgIpc) is 2.38. The Morgan fingerprint density at radius 3 is 2.75 bits per heavy atom. The number of amides is 2. The van der Waals surface area contributed by atoms with Gasteiger partial charge < -0.3 is 16.4 Å². The van der Waals surface area contributed by atoms with Gasteiger partial charge in [0, 0.05) is 25.3 Å². The van der Waals surface area contributed by atoms with Crippen molar-refractivity contribution in [2.45, 2.75) is 13.5 Å². The van der Waals surface area contributed by atoms with Crippen molar-refractivity contribution >= 4 is 21.7 Å². The minimum atomic E-state index is -3.32. The summed E-state index contributed by atoms with van der Waals surface area (Å²) in [7, 11) is -3.32. The maximum atomic E-state index is 11.6. The maximum Gasteiger partial charge on any atom is 0.319 e. The molecule has 0 aromatic heterocycles. The largest absolute Gasteiger partial charge is 0.337 e. The summed E-state index contributed by atoms with van der Waals surface area (Å²) in [5.41, 5.74) is 7.02. The third-order valence-corrected chi connectivity index (χ3v) is 3.91. The van der Waals surface area contributed by atoms with E-state index in [0.717, 1.165) is 5.56 Å². The van der Waals surface area contributed by atoms with Crippen LogP contribution in [0.2, 0.25) is 0 Å². The topological polar surface area (TPSA) is 113 Å². The molecule has 2 amide bonds. The predicted octanol–water partition coefficient (Wildman–Crippen LogP) is 0.206. The van der Waals surface area contributed by atoms with Gasteiger partial charge in [-0.3, -0.25) is 0 Å². The Balaban J connectivity index is 2.40. The molecule has 112 valence electrons. The van der Waals surface area contributed by atoms with Gasteiger partial charge in [-0.1, -0.05) is 19.1 Å². The molecule has 0 spiro atoms. The lowest BCUT2D eigenvalue weighted by molar-refractivity contribution is 0.252. The molecule has 1 aromatic carbocycles. The van der Waals surface area contributed by atoms with Crippen molar-refractivity contribution in [2.75, 3.05) is 24.2 Å². The Morgan fingerprint density at radius 2 is 2.10 bits per heavy atom. The van der Waals surface area contributed by atoms with Gasteiger partial charge in [-0.2, -0.15) is 0 Å². The normalized spacial score (nSPS) is 11.1. The average molecular weight is 300 g/mol. The standard InChI is InChI=1S/C12H20N4O3S/c1-2-15-20(18,19)7-6-14-12(17)16-11-5-3-4-10(8-11)9-13/h3-5,8,15H,2,6-7,9,13H2,1H3,(H2,14,16,17). The molecule has 8 heteroatoms. The van der Waals surface area contributed by atoms with E-state index in [1.54, 1.807) is 25.1 Å². The van der Waals surface area contributed by atoms with Gasteiger partial charge in [-0.25, -0.2) is 17.9 Å². The monoisotopic (exact) mass is 300 g/mol. The van der Waals surface area contributed by atoms with Crippen LogP contribution < -0.4 is 21.1 Å². The Hall–Kier alpha value is -1.64. The number of hydrogen-bond donors (Lipinski definition) is 4. The van der Waals surface area contributed by atoms with Crippen molar-refractivity contribution in [3.05, 3.63) is 29.8 Å². The molecular weight excluding hydrogens is 280 g/mol. The van der Waals surface area contributed by atoms with Gasteiger partial charge in [0.25, 0.3) is 0 Å². The second-order valence-corrected chi connectivity index (χ2v) is 6.03. The van der Waals surface area contributed by atoms with E-state index >= 15 is 0 Å². The van der Waals surface area contributed by atoms with Gasteiger partial charge in [-0.05, 0) is 17.7 Å². The van der Waals surface area contributed by atoms with Crippen LogP contribution >= 0.6 is 0 Å². The zero-order chi connectivity index (χ0) is 15.0. The SMILES string of the molecule is CCNS(=O)(=O)CCNC(=O)Nc1cccc(CN)c1. The van der Waals surface area contributed by atoms with Crippen molar-refractivity contribution in [2.24, 2.45) is 5.73 Å². The first-order valence-corrected chi connectivity index (χ1v) is 7.93. The highest BCUT2D eigenvalue weighted by atomic mass is 32.2. The van der Waals surface area contributed by atoms with Crippen LogP contribution in [0.25, 0.3) is 0 Å². The molecule has 0 unspecified atom stereocenters. The fourth-order valence-corrected chi connectivity index (χ4v) is 2.50. The molecule has 0 heterocycles. The molecule has 1 rings (SSSR count). The van der Waals surface area contributed by atoms with Crippen LogP contribution in [0.3, 0.4) is 0 Å². The van der Waals surface area contributed by atoms with E-state index in [4.69, 9.17) is 5.73 Å². The van der Waals surface area contributed by atoms with Gasteiger partial charge in [0.1, 0.15) is 0 Å². The van der Waals surface area contributed by atoms with Crippen LogP contribution in [0.15, 0.2) is 24.3 Å². The first-order valence-electron chi connectivity index (χ1n) is 6.28. The molecule has 0 radical (unpaired) electrons. The zero-order valence-corrected chi connectivity index (χ0v) is 12.2. The highest BCUT2D eigenvalue weighted by Crippen LogP contribution is 2.09. The number of carbonyl (C=O) groups is 1. The molecular formula is C12H20N4O3S. The minimum Gasteiger partial charge on any atom is -0.337 e. The molecule has 0 aliphatic carbocycles. The smallest absolute Gasteiger partial charge is 0.319 e. The van der Waals surface area contributed by atoms with Gasteiger partial charge in [0.05, 0.1) is 5.75 Å².